The number of carbonyl (C=O) groups is 1. The first-order valence-corrected chi connectivity index (χ1v) is 8.09. The molecule has 1 aromatic carbocycles. The summed E-state index contributed by atoms with van der Waals surface area (Å²) in [7, 11) is 0. The van der Waals surface area contributed by atoms with E-state index < -0.39 is 0 Å². The summed E-state index contributed by atoms with van der Waals surface area (Å²) >= 11 is 1.71. The molecule has 1 aromatic heterocycles. The van der Waals surface area contributed by atoms with Crippen LogP contribution < -0.4 is 5.32 Å². The van der Waals surface area contributed by atoms with Gasteiger partial charge in [-0.15, -0.1) is 0 Å². The SMILES string of the molecule is Cc1[nH]cc(NC(=O)c2ccccc2)c1CCSCCO. The van der Waals surface area contributed by atoms with Crippen LogP contribution in [0, 0.1) is 6.92 Å². The van der Waals surface area contributed by atoms with Crippen molar-refractivity contribution in [1.29, 1.82) is 0 Å². The molecule has 2 rings (SSSR count). The van der Waals surface area contributed by atoms with Gasteiger partial charge in [0.1, 0.15) is 0 Å². The summed E-state index contributed by atoms with van der Waals surface area (Å²) < 4.78 is 0. The lowest BCUT2D eigenvalue weighted by Crippen LogP contribution is -2.12. The highest BCUT2D eigenvalue weighted by atomic mass is 32.2. The maximum absolute atomic E-state index is 12.2. The molecule has 5 heteroatoms. The summed E-state index contributed by atoms with van der Waals surface area (Å²) in [5, 5.41) is 11.8. The first-order chi connectivity index (χ1) is 10.2. The Morgan fingerprint density at radius 3 is 2.76 bits per heavy atom. The first kappa shape index (κ1) is 15.7. The molecule has 21 heavy (non-hydrogen) atoms. The second-order valence-corrected chi connectivity index (χ2v) is 5.94. The summed E-state index contributed by atoms with van der Waals surface area (Å²) in [6, 6.07) is 9.19. The van der Waals surface area contributed by atoms with Gasteiger partial charge < -0.3 is 15.4 Å². The number of hydrogen-bond donors (Lipinski definition) is 3. The number of benzene rings is 1. The summed E-state index contributed by atoms with van der Waals surface area (Å²) in [5.41, 5.74) is 3.69. The van der Waals surface area contributed by atoms with Gasteiger partial charge in [-0.2, -0.15) is 11.8 Å². The average Bonchev–Trinajstić information content (AvgIpc) is 2.85. The average molecular weight is 304 g/mol. The molecule has 0 saturated heterocycles. The molecule has 2 aromatic rings. The van der Waals surface area contributed by atoms with Crippen LogP contribution in [0.3, 0.4) is 0 Å². The molecule has 112 valence electrons. The van der Waals surface area contributed by atoms with Crippen molar-refractivity contribution in [3.05, 3.63) is 53.3 Å². The quantitative estimate of drug-likeness (QED) is 0.689. The fourth-order valence-electron chi connectivity index (χ4n) is 2.12. The molecule has 0 atom stereocenters. The molecule has 0 unspecified atom stereocenters. The number of aromatic nitrogens is 1. The molecule has 0 fully saturated rings. The molecule has 0 spiro atoms. The molecule has 0 aliphatic rings. The maximum atomic E-state index is 12.2. The topological polar surface area (TPSA) is 65.1 Å². The normalized spacial score (nSPS) is 10.6. The molecule has 0 bridgehead atoms. The largest absolute Gasteiger partial charge is 0.396 e. The first-order valence-electron chi connectivity index (χ1n) is 6.94. The number of aryl methyl sites for hydroxylation is 1. The van der Waals surface area contributed by atoms with Gasteiger partial charge >= 0.3 is 0 Å². The van der Waals surface area contributed by atoms with Crippen LogP contribution >= 0.6 is 11.8 Å². The Labute approximate surface area is 129 Å². The van der Waals surface area contributed by atoms with E-state index in [4.69, 9.17) is 5.11 Å². The molecule has 4 nitrogen and oxygen atoms in total. The van der Waals surface area contributed by atoms with Crippen LogP contribution in [0.2, 0.25) is 0 Å². The van der Waals surface area contributed by atoms with Gasteiger partial charge in [0.15, 0.2) is 0 Å². The predicted octanol–water partition coefficient (Wildman–Crippen LogP) is 2.84. The number of carbonyl (C=O) groups excluding carboxylic acids is 1. The van der Waals surface area contributed by atoms with Gasteiger partial charge in [0.2, 0.25) is 0 Å². The number of amides is 1. The Balaban J connectivity index is 2.01. The zero-order chi connectivity index (χ0) is 15.1. The van der Waals surface area contributed by atoms with Gasteiger partial charge in [0, 0.05) is 23.2 Å². The van der Waals surface area contributed by atoms with Crippen molar-refractivity contribution >= 4 is 23.4 Å². The molecular formula is C16H20N2O2S. The molecule has 0 saturated carbocycles. The van der Waals surface area contributed by atoms with E-state index in [1.807, 2.05) is 31.3 Å². The molecule has 1 heterocycles. The van der Waals surface area contributed by atoms with Crippen molar-refractivity contribution in [3.8, 4) is 0 Å². The molecule has 0 aliphatic heterocycles. The van der Waals surface area contributed by atoms with Crippen molar-refractivity contribution in [2.24, 2.45) is 0 Å². The van der Waals surface area contributed by atoms with Gasteiger partial charge in [0.25, 0.3) is 5.91 Å². The van der Waals surface area contributed by atoms with Crippen molar-refractivity contribution < 1.29 is 9.90 Å². The second kappa shape index (κ2) is 7.90. The number of nitrogens with one attached hydrogen (secondary N) is 2. The van der Waals surface area contributed by atoms with E-state index >= 15 is 0 Å². The van der Waals surface area contributed by atoms with Gasteiger partial charge in [-0.25, -0.2) is 0 Å². The predicted molar refractivity (Wildman–Crippen MR) is 88.0 cm³/mol. The molecular weight excluding hydrogens is 284 g/mol. The van der Waals surface area contributed by atoms with E-state index in [9.17, 15) is 4.79 Å². The molecule has 3 N–H and O–H groups in total. The van der Waals surface area contributed by atoms with E-state index in [-0.39, 0.29) is 12.5 Å². The number of aliphatic hydroxyl groups is 1. The van der Waals surface area contributed by atoms with Gasteiger partial charge in [0.05, 0.1) is 12.3 Å². The third-order valence-electron chi connectivity index (χ3n) is 3.23. The highest BCUT2D eigenvalue weighted by Crippen LogP contribution is 2.22. The van der Waals surface area contributed by atoms with E-state index in [0.717, 1.165) is 34.9 Å². The van der Waals surface area contributed by atoms with Crippen molar-refractivity contribution in [1.82, 2.24) is 4.98 Å². The Morgan fingerprint density at radius 1 is 1.29 bits per heavy atom. The minimum Gasteiger partial charge on any atom is -0.396 e. The molecule has 0 aliphatic carbocycles. The zero-order valence-corrected chi connectivity index (χ0v) is 12.9. The fraction of sp³-hybridized carbons (Fsp3) is 0.312. The minimum atomic E-state index is -0.0983. The Hall–Kier alpha value is -1.72. The number of aliphatic hydroxyl groups excluding tert-OH is 1. The van der Waals surface area contributed by atoms with E-state index in [1.54, 1.807) is 23.9 Å². The second-order valence-electron chi connectivity index (χ2n) is 4.71. The van der Waals surface area contributed by atoms with Crippen LogP contribution in [0.25, 0.3) is 0 Å². The summed E-state index contributed by atoms with van der Waals surface area (Å²) in [5.74, 6) is 1.57. The standard InChI is InChI=1S/C16H20N2O2S/c1-12-14(7-9-21-10-8-19)15(11-17-12)18-16(20)13-5-3-2-4-6-13/h2-6,11,17,19H,7-10H2,1H3,(H,18,20). The number of anilines is 1. The third-order valence-corrected chi connectivity index (χ3v) is 4.19. The van der Waals surface area contributed by atoms with Crippen molar-refractivity contribution in [2.45, 2.75) is 13.3 Å². The maximum Gasteiger partial charge on any atom is 0.255 e. The Morgan fingerprint density at radius 2 is 2.05 bits per heavy atom. The van der Waals surface area contributed by atoms with Gasteiger partial charge in [-0.1, -0.05) is 18.2 Å². The lowest BCUT2D eigenvalue weighted by molar-refractivity contribution is 0.102. The molecule has 1 amide bonds. The van der Waals surface area contributed by atoms with E-state index in [2.05, 4.69) is 10.3 Å². The number of thioether (sulfide) groups is 1. The van der Waals surface area contributed by atoms with Crippen LogP contribution in [-0.2, 0) is 6.42 Å². The monoisotopic (exact) mass is 304 g/mol. The van der Waals surface area contributed by atoms with E-state index in [1.165, 1.54) is 0 Å². The number of hydrogen-bond acceptors (Lipinski definition) is 3. The smallest absolute Gasteiger partial charge is 0.255 e. The number of aromatic amines is 1. The summed E-state index contributed by atoms with van der Waals surface area (Å²) in [6.07, 6.45) is 2.70. The van der Waals surface area contributed by atoms with E-state index in [0.29, 0.717) is 5.56 Å². The van der Waals surface area contributed by atoms with Crippen molar-refractivity contribution in [3.63, 3.8) is 0 Å². The fourth-order valence-corrected chi connectivity index (χ4v) is 2.80. The minimum absolute atomic E-state index is 0.0983. The van der Waals surface area contributed by atoms with Crippen LogP contribution in [0.4, 0.5) is 5.69 Å². The zero-order valence-electron chi connectivity index (χ0n) is 12.1. The van der Waals surface area contributed by atoms with Crippen molar-refractivity contribution in [2.75, 3.05) is 23.4 Å². The van der Waals surface area contributed by atoms with Gasteiger partial charge in [-0.05, 0) is 36.8 Å². The van der Waals surface area contributed by atoms with Crippen LogP contribution in [0.1, 0.15) is 21.6 Å². The Kier molecular flexibility index (Phi) is 5.90. The van der Waals surface area contributed by atoms with Crippen LogP contribution in [0.15, 0.2) is 36.5 Å². The highest BCUT2D eigenvalue weighted by Gasteiger charge is 2.12. The van der Waals surface area contributed by atoms with Crippen LogP contribution in [-0.4, -0.2) is 34.1 Å². The lowest BCUT2D eigenvalue weighted by atomic mass is 10.1. The number of rotatable bonds is 7. The summed E-state index contributed by atoms with van der Waals surface area (Å²) in [4.78, 5) is 15.4. The van der Waals surface area contributed by atoms with Gasteiger partial charge in [-0.3, -0.25) is 4.79 Å². The number of H-pyrrole nitrogens is 1. The summed E-state index contributed by atoms with van der Waals surface area (Å²) in [6.45, 7) is 2.21. The third kappa shape index (κ3) is 4.37. The highest BCUT2D eigenvalue weighted by molar-refractivity contribution is 7.99. The lowest BCUT2D eigenvalue weighted by Gasteiger charge is -2.07. The Bertz CT molecular complexity index is 581. The molecule has 0 radical (unpaired) electrons. The van der Waals surface area contributed by atoms with Crippen LogP contribution in [0.5, 0.6) is 0 Å².